The molecule has 0 aromatic heterocycles. The molecule has 0 saturated carbocycles. The van der Waals surface area contributed by atoms with Crippen molar-refractivity contribution in [3.05, 3.63) is 77.9 Å². The molecule has 0 aliphatic heterocycles. The second-order valence-corrected chi connectivity index (χ2v) is 11.9. The van der Waals surface area contributed by atoms with E-state index in [1.807, 2.05) is 76.2 Å². The third-order valence-electron chi connectivity index (χ3n) is 6.33. The minimum Gasteiger partial charge on any atom is -0.354 e. The number of rotatable bonds is 11. The Morgan fingerprint density at radius 2 is 1.59 bits per heavy atom. The molecule has 0 heterocycles. The van der Waals surface area contributed by atoms with E-state index < -0.39 is 22.0 Å². The SMILES string of the molecule is CC[C@@H](C(=O)NCC(C)C)N(Cc1ccc(C)cc1)C(=O)CN(C)S(=O)(=O)c1ccc2ccccc2c1. The molecule has 3 aromatic rings. The van der Waals surface area contributed by atoms with Crippen LogP contribution in [0.2, 0.25) is 0 Å². The first-order valence-corrected chi connectivity index (χ1v) is 14.0. The fraction of sp³-hybridized carbons (Fsp3) is 0.379. The Balaban J connectivity index is 1.86. The van der Waals surface area contributed by atoms with Gasteiger partial charge in [-0.1, -0.05) is 80.9 Å². The van der Waals surface area contributed by atoms with Crippen LogP contribution in [0.1, 0.15) is 38.3 Å². The van der Waals surface area contributed by atoms with Gasteiger partial charge >= 0.3 is 0 Å². The van der Waals surface area contributed by atoms with E-state index in [0.29, 0.717) is 13.0 Å². The number of nitrogens with zero attached hydrogens (tertiary/aromatic N) is 2. The van der Waals surface area contributed by atoms with Crippen LogP contribution in [-0.4, -0.2) is 55.6 Å². The number of likely N-dealkylation sites (N-methyl/N-ethyl adjacent to an activating group) is 1. The molecule has 1 N–H and O–H groups in total. The molecule has 0 bridgehead atoms. The van der Waals surface area contributed by atoms with Gasteiger partial charge in [-0.2, -0.15) is 4.31 Å². The zero-order valence-electron chi connectivity index (χ0n) is 22.3. The highest BCUT2D eigenvalue weighted by Gasteiger charge is 2.31. The molecular formula is C29H37N3O4S. The normalized spacial score (nSPS) is 12.6. The molecular weight excluding hydrogens is 486 g/mol. The number of fused-ring (bicyclic) bond motifs is 1. The number of amides is 2. The molecule has 1 atom stereocenters. The molecule has 0 saturated heterocycles. The molecule has 0 unspecified atom stereocenters. The van der Waals surface area contributed by atoms with E-state index in [-0.39, 0.29) is 29.8 Å². The summed E-state index contributed by atoms with van der Waals surface area (Å²) in [6.07, 6.45) is 0.405. The summed E-state index contributed by atoms with van der Waals surface area (Å²) in [4.78, 5) is 28.3. The van der Waals surface area contributed by atoms with Gasteiger partial charge in [0.15, 0.2) is 0 Å². The average Bonchev–Trinajstić information content (AvgIpc) is 2.87. The first-order chi connectivity index (χ1) is 17.5. The van der Waals surface area contributed by atoms with Gasteiger partial charge in [0.05, 0.1) is 11.4 Å². The number of sulfonamides is 1. The standard InChI is InChI=1S/C29H37N3O4S/c1-6-27(29(34)30-18-21(2)3)32(19-23-13-11-22(4)12-14-23)28(33)20-31(5)37(35,36)26-16-15-24-9-7-8-10-25(24)17-26/h7-17,21,27H,6,18-20H2,1-5H3,(H,30,34)/t27-/m0/s1. The van der Waals surface area contributed by atoms with E-state index in [1.165, 1.54) is 11.9 Å². The average molecular weight is 524 g/mol. The summed E-state index contributed by atoms with van der Waals surface area (Å²) in [5, 5.41) is 4.66. The zero-order valence-corrected chi connectivity index (χ0v) is 23.1. The van der Waals surface area contributed by atoms with Crippen LogP contribution in [0.25, 0.3) is 10.8 Å². The van der Waals surface area contributed by atoms with Gasteiger partial charge in [0.1, 0.15) is 6.04 Å². The minimum absolute atomic E-state index is 0.119. The van der Waals surface area contributed by atoms with Gasteiger partial charge in [-0.3, -0.25) is 9.59 Å². The summed E-state index contributed by atoms with van der Waals surface area (Å²) in [5.74, 6) is -0.406. The third-order valence-corrected chi connectivity index (χ3v) is 8.13. The Kier molecular flexibility index (Phi) is 9.45. The maximum Gasteiger partial charge on any atom is 0.243 e. The lowest BCUT2D eigenvalue weighted by molar-refractivity contribution is -0.141. The topological polar surface area (TPSA) is 86.8 Å². The second-order valence-electron chi connectivity index (χ2n) is 9.84. The van der Waals surface area contributed by atoms with Gasteiger partial charge in [0.25, 0.3) is 0 Å². The molecule has 0 fully saturated rings. The fourth-order valence-electron chi connectivity index (χ4n) is 4.11. The molecule has 7 nitrogen and oxygen atoms in total. The summed E-state index contributed by atoms with van der Waals surface area (Å²) >= 11 is 0. The number of hydrogen-bond donors (Lipinski definition) is 1. The van der Waals surface area contributed by atoms with Gasteiger partial charge < -0.3 is 10.2 Å². The number of hydrogen-bond acceptors (Lipinski definition) is 4. The smallest absolute Gasteiger partial charge is 0.243 e. The fourth-order valence-corrected chi connectivity index (χ4v) is 5.26. The maximum atomic E-state index is 13.6. The van der Waals surface area contributed by atoms with Crippen molar-refractivity contribution >= 4 is 32.6 Å². The maximum absolute atomic E-state index is 13.6. The predicted molar refractivity (Wildman–Crippen MR) is 147 cm³/mol. The van der Waals surface area contributed by atoms with Gasteiger partial charge in [-0.05, 0) is 47.7 Å². The second kappa shape index (κ2) is 12.3. The number of carbonyl (C=O) groups is 2. The Hall–Kier alpha value is -3.23. The van der Waals surface area contributed by atoms with E-state index in [9.17, 15) is 18.0 Å². The minimum atomic E-state index is -3.93. The van der Waals surface area contributed by atoms with Crippen molar-refractivity contribution in [1.82, 2.24) is 14.5 Å². The van der Waals surface area contributed by atoms with Crippen LogP contribution in [0, 0.1) is 12.8 Å². The Bertz CT molecular complexity index is 1340. The van der Waals surface area contributed by atoms with E-state index in [2.05, 4.69) is 5.32 Å². The van der Waals surface area contributed by atoms with Crippen molar-refractivity contribution in [2.24, 2.45) is 5.92 Å². The summed E-state index contributed by atoms with van der Waals surface area (Å²) in [7, 11) is -2.53. The Morgan fingerprint density at radius 1 is 0.946 bits per heavy atom. The number of carbonyl (C=O) groups excluding carboxylic acids is 2. The zero-order chi connectivity index (χ0) is 27.2. The lowest BCUT2D eigenvalue weighted by Gasteiger charge is -2.32. The number of nitrogens with one attached hydrogen (secondary N) is 1. The summed E-state index contributed by atoms with van der Waals surface area (Å²) in [6.45, 7) is 8.16. The molecule has 0 radical (unpaired) electrons. The van der Waals surface area contributed by atoms with Crippen LogP contribution in [-0.2, 0) is 26.2 Å². The van der Waals surface area contributed by atoms with E-state index in [1.54, 1.807) is 18.2 Å². The largest absolute Gasteiger partial charge is 0.354 e. The van der Waals surface area contributed by atoms with E-state index >= 15 is 0 Å². The van der Waals surface area contributed by atoms with Gasteiger partial charge in [0, 0.05) is 20.1 Å². The van der Waals surface area contributed by atoms with Crippen LogP contribution in [0.15, 0.2) is 71.6 Å². The molecule has 198 valence electrons. The van der Waals surface area contributed by atoms with Gasteiger partial charge in [-0.25, -0.2) is 8.42 Å². The van der Waals surface area contributed by atoms with Crippen molar-refractivity contribution < 1.29 is 18.0 Å². The molecule has 0 spiro atoms. The highest BCUT2D eigenvalue weighted by Crippen LogP contribution is 2.22. The summed E-state index contributed by atoms with van der Waals surface area (Å²) < 4.78 is 27.8. The van der Waals surface area contributed by atoms with Gasteiger partial charge in [0.2, 0.25) is 21.8 Å². The van der Waals surface area contributed by atoms with Crippen LogP contribution >= 0.6 is 0 Å². The number of aryl methyl sites for hydroxylation is 1. The van der Waals surface area contributed by atoms with Gasteiger partial charge in [-0.15, -0.1) is 0 Å². The highest BCUT2D eigenvalue weighted by atomic mass is 32.2. The third kappa shape index (κ3) is 7.17. The highest BCUT2D eigenvalue weighted by molar-refractivity contribution is 7.89. The molecule has 37 heavy (non-hydrogen) atoms. The van der Waals surface area contributed by atoms with Crippen LogP contribution in [0.4, 0.5) is 0 Å². The van der Waals surface area contributed by atoms with E-state index in [0.717, 1.165) is 26.2 Å². The van der Waals surface area contributed by atoms with Crippen LogP contribution in [0.5, 0.6) is 0 Å². The van der Waals surface area contributed by atoms with Crippen molar-refractivity contribution in [2.45, 2.75) is 51.6 Å². The van der Waals surface area contributed by atoms with Crippen molar-refractivity contribution in [2.75, 3.05) is 20.1 Å². The molecule has 2 amide bonds. The number of benzene rings is 3. The van der Waals surface area contributed by atoms with E-state index in [4.69, 9.17) is 0 Å². The monoisotopic (exact) mass is 523 g/mol. The molecule has 0 aliphatic carbocycles. The molecule has 3 rings (SSSR count). The van der Waals surface area contributed by atoms with Crippen molar-refractivity contribution in [1.29, 1.82) is 0 Å². The molecule has 0 aliphatic rings. The van der Waals surface area contributed by atoms with Crippen LogP contribution < -0.4 is 5.32 Å². The lowest BCUT2D eigenvalue weighted by Crippen LogP contribution is -2.52. The lowest BCUT2D eigenvalue weighted by atomic mass is 10.1. The molecule has 8 heteroatoms. The van der Waals surface area contributed by atoms with Crippen molar-refractivity contribution in [3.8, 4) is 0 Å². The quantitative estimate of drug-likeness (QED) is 0.405. The summed E-state index contributed by atoms with van der Waals surface area (Å²) in [5.41, 5.74) is 1.96. The predicted octanol–water partition coefficient (Wildman–Crippen LogP) is 4.35. The van der Waals surface area contributed by atoms with Crippen LogP contribution in [0.3, 0.4) is 0 Å². The van der Waals surface area contributed by atoms with Crippen molar-refractivity contribution in [3.63, 3.8) is 0 Å². The Labute approximate surface area is 220 Å². The molecule has 3 aromatic carbocycles. The first-order valence-electron chi connectivity index (χ1n) is 12.6. The first kappa shape index (κ1) is 28.3. The summed E-state index contributed by atoms with van der Waals surface area (Å²) in [6, 6.07) is 19.5. The Morgan fingerprint density at radius 3 is 2.22 bits per heavy atom.